The number of hydrogen-bond acceptors (Lipinski definition) is 3. The topological polar surface area (TPSA) is 75.4 Å². The van der Waals surface area contributed by atoms with E-state index in [0.29, 0.717) is 18.7 Å². The van der Waals surface area contributed by atoms with Gasteiger partial charge in [-0.1, -0.05) is 24.3 Å². The van der Waals surface area contributed by atoms with Crippen LogP contribution in [0.2, 0.25) is 0 Å². The zero-order valence-corrected chi connectivity index (χ0v) is 10.8. The molecule has 104 valence electrons. The van der Waals surface area contributed by atoms with Gasteiger partial charge in [-0.05, 0) is 18.2 Å². The van der Waals surface area contributed by atoms with E-state index in [-0.39, 0.29) is 11.3 Å². The molecule has 0 aromatic heterocycles. The van der Waals surface area contributed by atoms with Gasteiger partial charge in [0.05, 0.1) is 0 Å². The smallest absolute Gasteiger partial charge is 0.248 e. The number of rotatable bonds is 5. The second-order valence-corrected chi connectivity index (χ2v) is 4.40. The molecule has 2 rings (SSSR count). The Morgan fingerprint density at radius 3 is 2.50 bits per heavy atom. The van der Waals surface area contributed by atoms with Crippen LogP contribution >= 0.6 is 0 Å². The summed E-state index contributed by atoms with van der Waals surface area (Å²) in [6, 6.07) is 11.1. The maximum atomic E-state index is 13.7. The van der Waals surface area contributed by atoms with Gasteiger partial charge in [-0.2, -0.15) is 0 Å². The third kappa shape index (κ3) is 3.33. The molecule has 2 aromatic carbocycles. The van der Waals surface area contributed by atoms with Crippen molar-refractivity contribution in [3.63, 3.8) is 0 Å². The maximum absolute atomic E-state index is 13.7. The van der Waals surface area contributed by atoms with Crippen molar-refractivity contribution >= 4 is 5.91 Å². The van der Waals surface area contributed by atoms with Crippen molar-refractivity contribution in [3.05, 3.63) is 65.0 Å². The number of phenols is 1. The Bertz CT molecular complexity index is 629. The molecule has 5 heteroatoms. The fourth-order valence-corrected chi connectivity index (χ4v) is 1.84. The summed E-state index contributed by atoms with van der Waals surface area (Å²) in [6.07, 6.45) is 0. The molecule has 0 bridgehead atoms. The number of amides is 1. The number of nitrogens with one attached hydrogen (secondary N) is 1. The number of halogens is 1. The molecule has 0 saturated heterocycles. The first-order valence-corrected chi connectivity index (χ1v) is 6.13. The minimum absolute atomic E-state index is 0.145. The summed E-state index contributed by atoms with van der Waals surface area (Å²) in [7, 11) is 0. The normalized spacial score (nSPS) is 10.4. The standard InChI is InChI=1S/C15H15FN2O2/c16-13-7-10(15(17)20)5-6-11(13)8-18-9-12-3-1-2-4-14(12)19/h1-7,18-19H,8-9H2,(H2,17,20). The molecule has 1 amide bonds. The van der Waals surface area contributed by atoms with Crippen molar-refractivity contribution in [1.82, 2.24) is 5.32 Å². The molecule has 20 heavy (non-hydrogen) atoms. The molecule has 2 aromatic rings. The number of para-hydroxylation sites is 1. The van der Waals surface area contributed by atoms with Gasteiger partial charge in [-0.3, -0.25) is 4.79 Å². The van der Waals surface area contributed by atoms with Crippen molar-refractivity contribution in [2.24, 2.45) is 5.73 Å². The lowest BCUT2D eigenvalue weighted by Crippen LogP contribution is -2.15. The molecule has 4 N–H and O–H groups in total. The Kier molecular flexibility index (Phi) is 4.32. The first kappa shape index (κ1) is 14.0. The largest absolute Gasteiger partial charge is 0.508 e. The van der Waals surface area contributed by atoms with Crippen LogP contribution in [0.5, 0.6) is 5.75 Å². The van der Waals surface area contributed by atoms with Crippen LogP contribution in [-0.2, 0) is 13.1 Å². The minimum atomic E-state index is -0.655. The van der Waals surface area contributed by atoms with Crippen molar-refractivity contribution < 1.29 is 14.3 Å². The zero-order chi connectivity index (χ0) is 14.5. The van der Waals surface area contributed by atoms with Crippen molar-refractivity contribution in [2.75, 3.05) is 0 Å². The number of carbonyl (C=O) groups is 1. The molecule has 0 aliphatic carbocycles. The highest BCUT2D eigenvalue weighted by molar-refractivity contribution is 5.92. The van der Waals surface area contributed by atoms with E-state index < -0.39 is 11.7 Å². The quantitative estimate of drug-likeness (QED) is 0.779. The van der Waals surface area contributed by atoms with Crippen molar-refractivity contribution in [1.29, 1.82) is 0 Å². The fourth-order valence-electron chi connectivity index (χ4n) is 1.84. The number of nitrogens with two attached hydrogens (primary N) is 1. The average Bonchev–Trinajstić information content (AvgIpc) is 2.42. The lowest BCUT2D eigenvalue weighted by atomic mass is 10.1. The van der Waals surface area contributed by atoms with Gasteiger partial charge in [0.2, 0.25) is 5.91 Å². The van der Waals surface area contributed by atoms with Gasteiger partial charge in [0.15, 0.2) is 0 Å². The first-order chi connectivity index (χ1) is 9.58. The molecule has 0 saturated carbocycles. The number of carbonyl (C=O) groups excluding carboxylic acids is 1. The SMILES string of the molecule is NC(=O)c1ccc(CNCc2ccccc2O)c(F)c1. The van der Waals surface area contributed by atoms with Gasteiger partial charge < -0.3 is 16.2 Å². The predicted molar refractivity (Wildman–Crippen MR) is 73.6 cm³/mol. The molecule has 0 heterocycles. The van der Waals surface area contributed by atoms with Crippen LogP contribution in [0.3, 0.4) is 0 Å². The monoisotopic (exact) mass is 274 g/mol. The highest BCUT2D eigenvalue weighted by Crippen LogP contribution is 2.15. The lowest BCUT2D eigenvalue weighted by Gasteiger charge is -2.08. The molecule has 0 aliphatic heterocycles. The second-order valence-electron chi connectivity index (χ2n) is 4.40. The Balaban J connectivity index is 1.98. The van der Waals surface area contributed by atoms with Crippen LogP contribution in [0.15, 0.2) is 42.5 Å². The van der Waals surface area contributed by atoms with Crippen LogP contribution < -0.4 is 11.1 Å². The van der Waals surface area contributed by atoms with Gasteiger partial charge in [-0.25, -0.2) is 4.39 Å². The van der Waals surface area contributed by atoms with E-state index in [9.17, 15) is 14.3 Å². The summed E-state index contributed by atoms with van der Waals surface area (Å²) in [5.41, 5.74) is 6.40. The van der Waals surface area contributed by atoms with E-state index in [0.717, 1.165) is 11.6 Å². The third-order valence-corrected chi connectivity index (χ3v) is 2.96. The van der Waals surface area contributed by atoms with Crippen molar-refractivity contribution in [2.45, 2.75) is 13.1 Å². The van der Waals surface area contributed by atoms with Crippen LogP contribution in [0.25, 0.3) is 0 Å². The number of phenolic OH excluding ortho intramolecular Hbond substituents is 1. The summed E-state index contributed by atoms with van der Waals surface area (Å²) < 4.78 is 13.7. The van der Waals surface area contributed by atoms with Gasteiger partial charge >= 0.3 is 0 Å². The van der Waals surface area contributed by atoms with Crippen LogP contribution in [0.4, 0.5) is 4.39 Å². The Morgan fingerprint density at radius 2 is 1.85 bits per heavy atom. The molecule has 0 aliphatic rings. The van der Waals surface area contributed by atoms with Crippen LogP contribution in [-0.4, -0.2) is 11.0 Å². The van der Waals surface area contributed by atoms with Crippen LogP contribution in [0.1, 0.15) is 21.5 Å². The first-order valence-electron chi connectivity index (χ1n) is 6.13. The van der Waals surface area contributed by atoms with E-state index in [1.807, 2.05) is 6.07 Å². The number of hydrogen-bond donors (Lipinski definition) is 3. The molecule has 4 nitrogen and oxygen atoms in total. The van der Waals surface area contributed by atoms with E-state index >= 15 is 0 Å². The summed E-state index contributed by atoms with van der Waals surface area (Å²) in [4.78, 5) is 10.9. The highest BCUT2D eigenvalue weighted by atomic mass is 19.1. The molecule has 0 radical (unpaired) electrons. The van der Waals surface area contributed by atoms with E-state index in [1.54, 1.807) is 18.2 Å². The number of primary amides is 1. The molecule has 0 unspecified atom stereocenters. The highest BCUT2D eigenvalue weighted by Gasteiger charge is 2.07. The van der Waals surface area contributed by atoms with Crippen LogP contribution in [0, 0.1) is 5.82 Å². The lowest BCUT2D eigenvalue weighted by molar-refractivity contribution is 0.1000. The fraction of sp³-hybridized carbons (Fsp3) is 0.133. The summed E-state index contributed by atoms with van der Waals surface area (Å²) >= 11 is 0. The molecule has 0 fully saturated rings. The predicted octanol–water partition coefficient (Wildman–Crippen LogP) is 1.92. The zero-order valence-electron chi connectivity index (χ0n) is 10.8. The van der Waals surface area contributed by atoms with Gasteiger partial charge in [-0.15, -0.1) is 0 Å². The summed E-state index contributed by atoms with van der Waals surface area (Å²) in [5, 5.41) is 12.6. The number of aromatic hydroxyl groups is 1. The Labute approximate surface area is 116 Å². The molecule has 0 atom stereocenters. The van der Waals surface area contributed by atoms with Gasteiger partial charge in [0, 0.05) is 29.8 Å². The van der Waals surface area contributed by atoms with Gasteiger partial charge in [0.25, 0.3) is 0 Å². The minimum Gasteiger partial charge on any atom is -0.508 e. The Morgan fingerprint density at radius 1 is 1.15 bits per heavy atom. The summed E-state index contributed by atoms with van der Waals surface area (Å²) in [6.45, 7) is 0.711. The van der Waals surface area contributed by atoms with E-state index in [2.05, 4.69) is 5.32 Å². The maximum Gasteiger partial charge on any atom is 0.248 e. The molecular formula is C15H15FN2O2. The van der Waals surface area contributed by atoms with E-state index in [4.69, 9.17) is 5.73 Å². The molecule has 0 spiro atoms. The second kappa shape index (κ2) is 6.16. The third-order valence-electron chi connectivity index (χ3n) is 2.96. The summed E-state index contributed by atoms with van der Waals surface area (Å²) in [5.74, 6) is -0.937. The van der Waals surface area contributed by atoms with Gasteiger partial charge in [0.1, 0.15) is 11.6 Å². The molecular weight excluding hydrogens is 259 g/mol. The van der Waals surface area contributed by atoms with Crippen molar-refractivity contribution in [3.8, 4) is 5.75 Å². The number of benzene rings is 2. The average molecular weight is 274 g/mol. The Hall–Kier alpha value is -2.40. The van der Waals surface area contributed by atoms with E-state index in [1.165, 1.54) is 12.1 Å².